The van der Waals surface area contributed by atoms with Crippen molar-refractivity contribution in [1.29, 1.82) is 0 Å². The maximum atomic E-state index is 6.00. The van der Waals surface area contributed by atoms with Gasteiger partial charge in [-0.3, -0.25) is 0 Å². The van der Waals surface area contributed by atoms with Gasteiger partial charge in [-0.25, -0.2) is 0 Å². The fourth-order valence-corrected chi connectivity index (χ4v) is 2.38. The molecule has 2 atom stereocenters. The minimum Gasteiger partial charge on any atom is -0.490 e. The highest BCUT2D eigenvalue weighted by Gasteiger charge is 2.25. The molecule has 0 spiro atoms. The van der Waals surface area contributed by atoms with Crippen LogP contribution in [0.5, 0.6) is 5.75 Å². The lowest BCUT2D eigenvalue weighted by Gasteiger charge is -2.32. The van der Waals surface area contributed by atoms with Crippen molar-refractivity contribution in [3.05, 3.63) is 29.8 Å². The minimum absolute atomic E-state index is 0.252. The summed E-state index contributed by atoms with van der Waals surface area (Å²) < 4.78 is 11.7. The van der Waals surface area contributed by atoms with E-state index in [4.69, 9.17) is 15.2 Å². The maximum Gasteiger partial charge on any atom is 0.120 e. The Morgan fingerprint density at radius 3 is 2.65 bits per heavy atom. The van der Waals surface area contributed by atoms with Crippen LogP contribution in [0.1, 0.15) is 32.3 Å². The Balaban J connectivity index is 1.99. The number of nitrogens with two attached hydrogens (primary N) is 1. The van der Waals surface area contributed by atoms with Crippen LogP contribution in [-0.4, -0.2) is 18.3 Å². The van der Waals surface area contributed by atoms with Gasteiger partial charge < -0.3 is 15.2 Å². The van der Waals surface area contributed by atoms with Crippen LogP contribution in [0, 0.1) is 0 Å². The second kappa shape index (κ2) is 5.52. The molecule has 2 unspecified atom stereocenters. The second-order valence-corrected chi connectivity index (χ2v) is 4.82. The predicted molar refractivity (Wildman–Crippen MR) is 68.0 cm³/mol. The third-order valence-electron chi connectivity index (χ3n) is 3.09. The number of hydrogen-bond acceptors (Lipinski definition) is 3. The van der Waals surface area contributed by atoms with Crippen molar-refractivity contribution in [2.75, 3.05) is 0 Å². The molecule has 0 radical (unpaired) electrons. The van der Waals surface area contributed by atoms with Gasteiger partial charge >= 0.3 is 0 Å². The lowest BCUT2D eigenvalue weighted by Crippen LogP contribution is -2.35. The van der Waals surface area contributed by atoms with E-state index in [0.717, 1.165) is 24.2 Å². The minimum atomic E-state index is 0.252. The van der Waals surface area contributed by atoms with Crippen LogP contribution < -0.4 is 10.5 Å². The van der Waals surface area contributed by atoms with Crippen molar-refractivity contribution in [2.24, 2.45) is 5.73 Å². The van der Waals surface area contributed by atoms with Crippen LogP contribution in [-0.2, 0) is 11.3 Å². The molecule has 1 saturated heterocycles. The first-order chi connectivity index (χ1) is 8.17. The Morgan fingerprint density at radius 2 is 2.00 bits per heavy atom. The fourth-order valence-electron chi connectivity index (χ4n) is 2.38. The molecule has 3 heteroatoms. The predicted octanol–water partition coefficient (Wildman–Crippen LogP) is 2.48. The average molecular weight is 235 g/mol. The van der Waals surface area contributed by atoms with Gasteiger partial charge in [-0.1, -0.05) is 12.1 Å². The Bertz CT molecular complexity index is 357. The smallest absolute Gasteiger partial charge is 0.120 e. The number of hydrogen-bond donors (Lipinski definition) is 1. The Kier molecular flexibility index (Phi) is 4.02. The van der Waals surface area contributed by atoms with Crippen LogP contribution in [0.25, 0.3) is 0 Å². The van der Waals surface area contributed by atoms with E-state index in [1.54, 1.807) is 0 Å². The van der Waals surface area contributed by atoms with Gasteiger partial charge in [-0.15, -0.1) is 0 Å². The topological polar surface area (TPSA) is 44.5 Å². The largest absolute Gasteiger partial charge is 0.490 e. The fraction of sp³-hybridized carbons (Fsp3) is 0.571. The van der Waals surface area contributed by atoms with E-state index in [0.29, 0.717) is 6.54 Å². The van der Waals surface area contributed by atoms with E-state index in [-0.39, 0.29) is 18.3 Å². The molecular weight excluding hydrogens is 214 g/mol. The molecule has 1 aliphatic rings. The van der Waals surface area contributed by atoms with Gasteiger partial charge in [0.1, 0.15) is 11.9 Å². The van der Waals surface area contributed by atoms with Crippen molar-refractivity contribution in [1.82, 2.24) is 0 Å². The van der Waals surface area contributed by atoms with Gasteiger partial charge in [0.15, 0.2) is 0 Å². The molecule has 2 rings (SSSR count). The zero-order chi connectivity index (χ0) is 12.3. The highest BCUT2D eigenvalue weighted by Crippen LogP contribution is 2.24. The van der Waals surface area contributed by atoms with Crippen molar-refractivity contribution in [3.63, 3.8) is 0 Å². The first kappa shape index (κ1) is 12.4. The van der Waals surface area contributed by atoms with Crippen LogP contribution in [0.3, 0.4) is 0 Å². The van der Waals surface area contributed by atoms with Gasteiger partial charge in [0.05, 0.1) is 12.2 Å². The number of ether oxygens (including phenoxy) is 2. The highest BCUT2D eigenvalue weighted by atomic mass is 16.5. The van der Waals surface area contributed by atoms with Gasteiger partial charge in [0.25, 0.3) is 0 Å². The maximum absolute atomic E-state index is 6.00. The molecular formula is C14H21NO2. The summed E-state index contributed by atoms with van der Waals surface area (Å²) in [6.45, 7) is 4.75. The molecule has 1 fully saturated rings. The molecule has 2 N–H and O–H groups in total. The monoisotopic (exact) mass is 235 g/mol. The molecule has 94 valence electrons. The molecule has 1 aromatic carbocycles. The summed E-state index contributed by atoms with van der Waals surface area (Å²) in [4.78, 5) is 0. The van der Waals surface area contributed by atoms with E-state index in [2.05, 4.69) is 13.8 Å². The van der Waals surface area contributed by atoms with Gasteiger partial charge in [0.2, 0.25) is 0 Å². The van der Waals surface area contributed by atoms with Gasteiger partial charge in [-0.05, 0) is 31.5 Å². The molecule has 1 aromatic rings. The molecule has 0 saturated carbocycles. The summed E-state index contributed by atoms with van der Waals surface area (Å²) in [5.74, 6) is 0.916. The van der Waals surface area contributed by atoms with Crippen LogP contribution in [0.2, 0.25) is 0 Å². The van der Waals surface area contributed by atoms with E-state index in [1.807, 2.05) is 24.3 Å². The number of benzene rings is 1. The van der Waals surface area contributed by atoms with Gasteiger partial charge in [0, 0.05) is 19.4 Å². The normalized spacial score (nSPS) is 29.0. The van der Waals surface area contributed by atoms with Crippen molar-refractivity contribution in [2.45, 2.75) is 51.5 Å². The first-order valence-electron chi connectivity index (χ1n) is 6.28. The zero-order valence-electron chi connectivity index (χ0n) is 10.6. The Labute approximate surface area is 103 Å². The van der Waals surface area contributed by atoms with E-state index in [1.165, 1.54) is 0 Å². The molecule has 3 nitrogen and oxygen atoms in total. The second-order valence-electron chi connectivity index (χ2n) is 4.82. The highest BCUT2D eigenvalue weighted by molar-refractivity contribution is 5.28. The van der Waals surface area contributed by atoms with E-state index < -0.39 is 0 Å². The lowest BCUT2D eigenvalue weighted by molar-refractivity contribution is -0.0721. The summed E-state index contributed by atoms with van der Waals surface area (Å²) in [6.07, 6.45) is 2.72. The van der Waals surface area contributed by atoms with Crippen LogP contribution >= 0.6 is 0 Å². The molecule has 0 amide bonds. The Morgan fingerprint density at radius 1 is 1.29 bits per heavy atom. The average Bonchev–Trinajstić information content (AvgIpc) is 2.28. The van der Waals surface area contributed by atoms with Crippen molar-refractivity contribution < 1.29 is 9.47 Å². The quantitative estimate of drug-likeness (QED) is 0.875. The van der Waals surface area contributed by atoms with Crippen molar-refractivity contribution in [3.8, 4) is 5.75 Å². The van der Waals surface area contributed by atoms with Crippen LogP contribution in [0.15, 0.2) is 24.3 Å². The summed E-state index contributed by atoms with van der Waals surface area (Å²) in [6, 6.07) is 8.01. The molecule has 1 heterocycles. The molecule has 0 aliphatic carbocycles. The van der Waals surface area contributed by atoms with Crippen LogP contribution in [0.4, 0.5) is 0 Å². The SMILES string of the molecule is CC1CC(Oc2cccc(CN)c2)CC(C)O1. The summed E-state index contributed by atoms with van der Waals surface area (Å²) in [5.41, 5.74) is 6.73. The summed E-state index contributed by atoms with van der Waals surface area (Å²) in [7, 11) is 0. The summed E-state index contributed by atoms with van der Waals surface area (Å²) >= 11 is 0. The molecule has 17 heavy (non-hydrogen) atoms. The van der Waals surface area contributed by atoms with E-state index in [9.17, 15) is 0 Å². The first-order valence-corrected chi connectivity index (χ1v) is 6.28. The van der Waals surface area contributed by atoms with E-state index >= 15 is 0 Å². The van der Waals surface area contributed by atoms with Crippen molar-refractivity contribution >= 4 is 0 Å². The standard InChI is InChI=1S/C14H21NO2/c1-10-6-14(7-11(2)16-10)17-13-5-3-4-12(8-13)9-15/h3-5,8,10-11,14H,6-7,9,15H2,1-2H3. The van der Waals surface area contributed by atoms with Gasteiger partial charge in [-0.2, -0.15) is 0 Å². The molecule has 0 bridgehead atoms. The summed E-state index contributed by atoms with van der Waals surface area (Å²) in [5, 5.41) is 0. The third-order valence-corrected chi connectivity index (χ3v) is 3.09. The third kappa shape index (κ3) is 3.45. The molecule has 1 aliphatic heterocycles. The Hall–Kier alpha value is -1.06. The zero-order valence-corrected chi connectivity index (χ0v) is 10.6. The molecule has 0 aromatic heterocycles. The lowest BCUT2D eigenvalue weighted by atomic mass is 10.0. The number of rotatable bonds is 3.